The first-order chi connectivity index (χ1) is 8.30. The molecular formula is C14H18N2O. The lowest BCUT2D eigenvalue weighted by molar-refractivity contribution is 0.339. The number of nitriles is 1. The van der Waals surface area contributed by atoms with E-state index in [-0.39, 0.29) is 5.41 Å². The molecule has 2 rings (SSSR count). The Bertz CT molecular complexity index is 399. The fourth-order valence-electron chi connectivity index (χ4n) is 2.36. The lowest BCUT2D eigenvalue weighted by atomic mass is 9.74. The summed E-state index contributed by atoms with van der Waals surface area (Å²) < 4.78 is 5.42. The molecule has 0 amide bonds. The highest BCUT2D eigenvalue weighted by Gasteiger charge is 2.33. The van der Waals surface area contributed by atoms with Gasteiger partial charge >= 0.3 is 0 Å². The summed E-state index contributed by atoms with van der Waals surface area (Å²) in [6, 6.07) is 10.5. The van der Waals surface area contributed by atoms with Crippen LogP contribution in [0, 0.1) is 11.3 Å². The normalized spacial score (nSPS) is 18.4. The van der Waals surface area contributed by atoms with Crippen LogP contribution in [0.15, 0.2) is 24.3 Å². The van der Waals surface area contributed by atoms with Crippen LogP contribution >= 0.6 is 0 Å². The predicted octanol–water partition coefficient (Wildman–Crippen LogP) is 2.23. The zero-order valence-corrected chi connectivity index (χ0v) is 10.2. The van der Waals surface area contributed by atoms with Gasteiger partial charge in [-0.1, -0.05) is 12.1 Å². The van der Waals surface area contributed by atoms with Crippen molar-refractivity contribution in [1.29, 1.82) is 5.26 Å². The number of piperidine rings is 1. The molecule has 1 N–H and O–H groups in total. The first kappa shape index (κ1) is 11.9. The Morgan fingerprint density at radius 1 is 1.29 bits per heavy atom. The smallest absolute Gasteiger partial charge is 0.119 e. The molecule has 0 bridgehead atoms. The Labute approximate surface area is 102 Å². The maximum Gasteiger partial charge on any atom is 0.119 e. The van der Waals surface area contributed by atoms with Crippen LogP contribution in [0.4, 0.5) is 0 Å². The fraction of sp³-hybridized carbons (Fsp3) is 0.500. The summed E-state index contributed by atoms with van der Waals surface area (Å²) >= 11 is 0. The average molecular weight is 230 g/mol. The van der Waals surface area contributed by atoms with Crippen molar-refractivity contribution in [3.8, 4) is 11.8 Å². The Morgan fingerprint density at radius 2 is 1.94 bits per heavy atom. The third kappa shape index (κ3) is 2.42. The van der Waals surface area contributed by atoms with Gasteiger partial charge in [-0.2, -0.15) is 5.26 Å². The summed E-state index contributed by atoms with van der Waals surface area (Å²) in [6.45, 7) is 4.48. The van der Waals surface area contributed by atoms with E-state index in [2.05, 4.69) is 11.4 Å². The van der Waals surface area contributed by atoms with E-state index in [4.69, 9.17) is 4.74 Å². The molecule has 1 aromatic rings. The van der Waals surface area contributed by atoms with Gasteiger partial charge in [0.1, 0.15) is 5.75 Å². The molecule has 90 valence electrons. The first-order valence-electron chi connectivity index (χ1n) is 6.16. The molecule has 1 aromatic carbocycles. The number of ether oxygens (including phenoxy) is 1. The molecule has 0 saturated carbocycles. The average Bonchev–Trinajstić information content (AvgIpc) is 2.41. The lowest BCUT2D eigenvalue weighted by Crippen LogP contribution is -2.38. The highest BCUT2D eigenvalue weighted by atomic mass is 16.5. The van der Waals surface area contributed by atoms with Crippen molar-refractivity contribution in [1.82, 2.24) is 5.32 Å². The van der Waals surface area contributed by atoms with Crippen molar-refractivity contribution in [2.45, 2.75) is 25.2 Å². The van der Waals surface area contributed by atoms with Crippen molar-refractivity contribution in [3.63, 3.8) is 0 Å². The summed E-state index contributed by atoms with van der Waals surface area (Å²) in [4.78, 5) is 0. The van der Waals surface area contributed by atoms with E-state index < -0.39 is 0 Å². The number of benzene rings is 1. The standard InChI is InChI=1S/C14H18N2O/c1-2-17-13-5-3-12(4-6-13)14(11-15)7-9-16-10-8-14/h3-6,16H,2,7-10H2,1H3. The SMILES string of the molecule is CCOc1ccc(C2(C#N)CCNCC2)cc1. The number of nitrogens with zero attached hydrogens (tertiary/aromatic N) is 1. The van der Waals surface area contributed by atoms with Crippen molar-refractivity contribution in [3.05, 3.63) is 29.8 Å². The third-order valence-corrected chi connectivity index (χ3v) is 3.39. The molecule has 0 aliphatic carbocycles. The van der Waals surface area contributed by atoms with Gasteiger partial charge in [0.15, 0.2) is 0 Å². The van der Waals surface area contributed by atoms with Gasteiger partial charge in [0.25, 0.3) is 0 Å². The van der Waals surface area contributed by atoms with Gasteiger partial charge in [-0.15, -0.1) is 0 Å². The minimum Gasteiger partial charge on any atom is -0.494 e. The molecule has 0 atom stereocenters. The highest BCUT2D eigenvalue weighted by molar-refractivity contribution is 5.37. The van der Waals surface area contributed by atoms with E-state index in [1.807, 2.05) is 31.2 Å². The topological polar surface area (TPSA) is 45.0 Å². The second-order valence-electron chi connectivity index (χ2n) is 4.40. The Balaban J connectivity index is 2.22. The predicted molar refractivity (Wildman–Crippen MR) is 67.0 cm³/mol. The molecule has 0 spiro atoms. The minimum atomic E-state index is -0.310. The molecule has 17 heavy (non-hydrogen) atoms. The number of hydrogen-bond acceptors (Lipinski definition) is 3. The summed E-state index contributed by atoms with van der Waals surface area (Å²) in [7, 11) is 0. The van der Waals surface area contributed by atoms with E-state index in [9.17, 15) is 5.26 Å². The van der Waals surface area contributed by atoms with Crippen molar-refractivity contribution >= 4 is 0 Å². The van der Waals surface area contributed by atoms with Crippen LogP contribution in [0.25, 0.3) is 0 Å². The molecule has 1 aliphatic rings. The van der Waals surface area contributed by atoms with Crippen LogP contribution < -0.4 is 10.1 Å². The van der Waals surface area contributed by atoms with Gasteiger partial charge in [-0.25, -0.2) is 0 Å². The first-order valence-corrected chi connectivity index (χ1v) is 6.16. The molecule has 1 saturated heterocycles. The third-order valence-electron chi connectivity index (χ3n) is 3.39. The van der Waals surface area contributed by atoms with Gasteiger partial charge in [0.05, 0.1) is 18.1 Å². The monoisotopic (exact) mass is 230 g/mol. The zero-order chi connectivity index (χ0) is 12.1. The van der Waals surface area contributed by atoms with E-state index in [0.717, 1.165) is 37.2 Å². The second-order valence-corrected chi connectivity index (χ2v) is 4.40. The van der Waals surface area contributed by atoms with E-state index >= 15 is 0 Å². The highest BCUT2D eigenvalue weighted by Crippen LogP contribution is 2.33. The maximum atomic E-state index is 9.46. The minimum absolute atomic E-state index is 0.310. The summed E-state index contributed by atoms with van der Waals surface area (Å²) in [5, 5.41) is 12.8. The largest absolute Gasteiger partial charge is 0.494 e. The zero-order valence-electron chi connectivity index (χ0n) is 10.2. The lowest BCUT2D eigenvalue weighted by Gasteiger charge is -2.31. The van der Waals surface area contributed by atoms with Gasteiger partial charge in [0, 0.05) is 0 Å². The van der Waals surface area contributed by atoms with Crippen LogP contribution in [-0.2, 0) is 5.41 Å². The molecule has 0 unspecified atom stereocenters. The summed E-state index contributed by atoms with van der Waals surface area (Å²) in [5.41, 5.74) is 0.806. The molecular weight excluding hydrogens is 212 g/mol. The quantitative estimate of drug-likeness (QED) is 0.866. The Hall–Kier alpha value is -1.53. The number of nitrogens with one attached hydrogen (secondary N) is 1. The summed E-state index contributed by atoms with van der Waals surface area (Å²) in [5.74, 6) is 0.873. The van der Waals surface area contributed by atoms with Crippen LogP contribution in [0.2, 0.25) is 0 Å². The van der Waals surface area contributed by atoms with Crippen LogP contribution in [0.5, 0.6) is 5.75 Å². The summed E-state index contributed by atoms with van der Waals surface area (Å²) in [6.07, 6.45) is 1.77. The Kier molecular flexibility index (Phi) is 3.65. The van der Waals surface area contributed by atoms with Gasteiger partial charge < -0.3 is 10.1 Å². The van der Waals surface area contributed by atoms with E-state index in [1.54, 1.807) is 0 Å². The molecule has 0 radical (unpaired) electrons. The molecule has 3 nitrogen and oxygen atoms in total. The Morgan fingerprint density at radius 3 is 2.47 bits per heavy atom. The van der Waals surface area contributed by atoms with Crippen molar-refractivity contribution < 1.29 is 4.74 Å². The van der Waals surface area contributed by atoms with Crippen molar-refractivity contribution in [2.24, 2.45) is 0 Å². The molecule has 1 aliphatic heterocycles. The number of rotatable bonds is 3. The molecule has 0 aromatic heterocycles. The maximum absolute atomic E-state index is 9.46. The van der Waals surface area contributed by atoms with Gasteiger partial charge in [-0.05, 0) is 50.6 Å². The molecule has 1 fully saturated rings. The van der Waals surface area contributed by atoms with Crippen molar-refractivity contribution in [2.75, 3.05) is 19.7 Å². The van der Waals surface area contributed by atoms with E-state index in [0.29, 0.717) is 6.61 Å². The fourth-order valence-corrected chi connectivity index (χ4v) is 2.36. The van der Waals surface area contributed by atoms with Gasteiger partial charge in [0.2, 0.25) is 0 Å². The molecule has 3 heteroatoms. The second kappa shape index (κ2) is 5.20. The van der Waals surface area contributed by atoms with Crippen LogP contribution in [-0.4, -0.2) is 19.7 Å². The number of hydrogen-bond donors (Lipinski definition) is 1. The van der Waals surface area contributed by atoms with Gasteiger partial charge in [-0.3, -0.25) is 0 Å². The van der Waals surface area contributed by atoms with Crippen LogP contribution in [0.1, 0.15) is 25.3 Å². The van der Waals surface area contributed by atoms with E-state index in [1.165, 1.54) is 0 Å². The molecule has 1 heterocycles. The van der Waals surface area contributed by atoms with Crippen LogP contribution in [0.3, 0.4) is 0 Å².